The normalized spacial score (nSPS) is 25.7. The summed E-state index contributed by atoms with van der Waals surface area (Å²) in [6.07, 6.45) is 0.672. The largest absolute Gasteiger partial charge is 0.394 e. The highest BCUT2D eigenvalue weighted by Crippen LogP contribution is 2.29. The lowest BCUT2D eigenvalue weighted by Gasteiger charge is -2.17. The van der Waals surface area contributed by atoms with Gasteiger partial charge in [-0.25, -0.2) is 4.79 Å². The molecule has 21 heavy (non-hydrogen) atoms. The second-order valence-corrected chi connectivity index (χ2v) is 5.79. The lowest BCUT2D eigenvalue weighted by molar-refractivity contribution is -0.0657. The Hall–Kier alpha value is -1.44. The van der Waals surface area contributed by atoms with E-state index in [9.17, 15) is 14.7 Å². The van der Waals surface area contributed by atoms with Crippen LogP contribution < -0.4 is 11.2 Å². The predicted molar refractivity (Wildman–Crippen MR) is 76.3 cm³/mol. The summed E-state index contributed by atoms with van der Waals surface area (Å²) in [4.78, 5) is 25.5. The van der Waals surface area contributed by atoms with Crippen LogP contribution in [0.4, 0.5) is 0 Å². The van der Waals surface area contributed by atoms with E-state index in [0.29, 0.717) is 24.5 Å². The minimum atomic E-state index is -0.539. The number of ether oxygens (including phenoxy) is 2. The maximum atomic E-state index is 11.9. The first-order valence-electron chi connectivity index (χ1n) is 7.12. The van der Waals surface area contributed by atoms with Crippen LogP contribution in [-0.4, -0.2) is 40.1 Å². The molecular formula is C14H22N2O5. The maximum Gasteiger partial charge on any atom is 0.330 e. The molecule has 2 rings (SSSR count). The fourth-order valence-corrected chi connectivity index (χ4v) is 2.33. The van der Waals surface area contributed by atoms with Crippen LogP contribution in [-0.2, 0) is 9.47 Å². The average Bonchev–Trinajstić information content (AvgIpc) is 2.83. The van der Waals surface area contributed by atoms with Crippen molar-refractivity contribution in [2.75, 3.05) is 13.2 Å². The van der Waals surface area contributed by atoms with E-state index in [1.54, 1.807) is 6.92 Å². The number of aliphatic hydroxyl groups excluding tert-OH is 1. The van der Waals surface area contributed by atoms with Gasteiger partial charge in [0.15, 0.2) is 0 Å². The van der Waals surface area contributed by atoms with Gasteiger partial charge >= 0.3 is 5.69 Å². The Morgan fingerprint density at radius 3 is 2.86 bits per heavy atom. The molecular weight excluding hydrogens is 276 g/mol. The SMILES string of the molecule is Cc1cn([C@H]2C[C@H](OCC(C)C)[C@@H](CO)O2)c(=O)[nH]c1=O. The third-order valence-electron chi connectivity index (χ3n) is 3.46. The standard InChI is InChI=1S/C14H22N2O5/c1-8(2)7-20-10-4-12(21-11(10)6-17)16-5-9(3)13(18)15-14(16)19/h5,8,10-12,17H,4,6-7H2,1-3H3,(H,15,18,19)/t10-,11+,12+/m0/s1. The Morgan fingerprint density at radius 1 is 1.52 bits per heavy atom. The molecule has 1 aliphatic heterocycles. The number of aromatic nitrogens is 2. The van der Waals surface area contributed by atoms with Crippen molar-refractivity contribution in [3.63, 3.8) is 0 Å². The highest BCUT2D eigenvalue weighted by molar-refractivity contribution is 5.02. The molecule has 0 aromatic carbocycles. The molecule has 1 aliphatic rings. The van der Waals surface area contributed by atoms with Crippen molar-refractivity contribution in [1.29, 1.82) is 0 Å². The van der Waals surface area contributed by atoms with Crippen LogP contribution in [0.3, 0.4) is 0 Å². The topological polar surface area (TPSA) is 93.6 Å². The molecule has 0 saturated carbocycles. The second kappa shape index (κ2) is 6.55. The molecule has 0 unspecified atom stereocenters. The number of H-pyrrole nitrogens is 1. The molecule has 7 heteroatoms. The number of nitrogens with one attached hydrogen (secondary N) is 1. The van der Waals surface area contributed by atoms with E-state index < -0.39 is 23.6 Å². The quantitative estimate of drug-likeness (QED) is 0.808. The summed E-state index contributed by atoms with van der Waals surface area (Å²) in [6, 6.07) is 0. The first kappa shape index (κ1) is 15.9. The molecule has 0 spiro atoms. The van der Waals surface area contributed by atoms with Gasteiger partial charge in [0.2, 0.25) is 0 Å². The van der Waals surface area contributed by atoms with Crippen LogP contribution in [0.1, 0.15) is 32.1 Å². The molecule has 2 heterocycles. The van der Waals surface area contributed by atoms with Crippen LogP contribution in [0.5, 0.6) is 0 Å². The molecule has 1 saturated heterocycles. The van der Waals surface area contributed by atoms with Gasteiger partial charge in [-0.1, -0.05) is 13.8 Å². The van der Waals surface area contributed by atoms with Gasteiger partial charge in [0, 0.05) is 24.8 Å². The van der Waals surface area contributed by atoms with Crippen molar-refractivity contribution in [3.8, 4) is 0 Å². The third-order valence-corrected chi connectivity index (χ3v) is 3.46. The van der Waals surface area contributed by atoms with Gasteiger partial charge in [0.25, 0.3) is 5.56 Å². The Morgan fingerprint density at radius 2 is 2.24 bits per heavy atom. The minimum Gasteiger partial charge on any atom is -0.394 e. The van der Waals surface area contributed by atoms with Crippen molar-refractivity contribution in [1.82, 2.24) is 9.55 Å². The Kier molecular flexibility index (Phi) is 4.97. The molecule has 0 bridgehead atoms. The summed E-state index contributed by atoms with van der Waals surface area (Å²) < 4.78 is 12.8. The van der Waals surface area contributed by atoms with Gasteiger partial charge in [-0.05, 0) is 12.8 Å². The second-order valence-electron chi connectivity index (χ2n) is 5.79. The van der Waals surface area contributed by atoms with Gasteiger partial charge in [-0.15, -0.1) is 0 Å². The van der Waals surface area contributed by atoms with E-state index in [0.717, 1.165) is 0 Å². The molecule has 0 aliphatic carbocycles. The van der Waals surface area contributed by atoms with Crippen LogP contribution in [0.2, 0.25) is 0 Å². The fourth-order valence-electron chi connectivity index (χ4n) is 2.33. The van der Waals surface area contributed by atoms with Gasteiger partial charge in [0.05, 0.1) is 12.7 Å². The van der Waals surface area contributed by atoms with Crippen LogP contribution >= 0.6 is 0 Å². The van der Waals surface area contributed by atoms with Gasteiger partial charge in [0.1, 0.15) is 12.3 Å². The predicted octanol–water partition coefficient (Wildman–Crippen LogP) is 0.166. The van der Waals surface area contributed by atoms with Crippen molar-refractivity contribution in [2.24, 2.45) is 5.92 Å². The highest BCUT2D eigenvalue weighted by atomic mass is 16.6. The lowest BCUT2D eigenvalue weighted by Crippen LogP contribution is -2.33. The zero-order valence-electron chi connectivity index (χ0n) is 12.5. The Balaban J connectivity index is 2.17. The summed E-state index contributed by atoms with van der Waals surface area (Å²) in [5.41, 5.74) is -0.484. The average molecular weight is 298 g/mol. The number of nitrogens with zero attached hydrogens (tertiary/aromatic N) is 1. The monoisotopic (exact) mass is 298 g/mol. The number of aromatic amines is 1. The fraction of sp³-hybridized carbons (Fsp3) is 0.714. The van der Waals surface area contributed by atoms with E-state index in [-0.39, 0.29) is 12.7 Å². The number of hydrogen-bond donors (Lipinski definition) is 2. The van der Waals surface area contributed by atoms with Gasteiger partial charge in [-0.2, -0.15) is 0 Å². The van der Waals surface area contributed by atoms with Crippen molar-refractivity contribution < 1.29 is 14.6 Å². The van der Waals surface area contributed by atoms with E-state index in [1.165, 1.54) is 10.8 Å². The summed E-state index contributed by atoms with van der Waals surface area (Å²) in [7, 11) is 0. The van der Waals surface area contributed by atoms with Gasteiger partial charge in [-0.3, -0.25) is 14.3 Å². The Labute approximate surface area is 122 Å². The molecule has 7 nitrogen and oxygen atoms in total. The van der Waals surface area contributed by atoms with Crippen LogP contribution in [0, 0.1) is 12.8 Å². The van der Waals surface area contributed by atoms with Crippen molar-refractivity contribution >= 4 is 0 Å². The molecule has 3 atom stereocenters. The summed E-state index contributed by atoms with van der Waals surface area (Å²) >= 11 is 0. The first-order chi connectivity index (χ1) is 9.92. The number of aliphatic hydroxyl groups is 1. The van der Waals surface area contributed by atoms with Crippen molar-refractivity contribution in [2.45, 2.75) is 45.6 Å². The molecule has 2 N–H and O–H groups in total. The highest BCUT2D eigenvalue weighted by Gasteiger charge is 2.37. The summed E-state index contributed by atoms with van der Waals surface area (Å²) in [6.45, 7) is 6.10. The number of rotatable bonds is 5. The molecule has 1 aromatic heterocycles. The number of hydrogen-bond acceptors (Lipinski definition) is 5. The zero-order chi connectivity index (χ0) is 15.6. The first-order valence-corrected chi connectivity index (χ1v) is 7.12. The van der Waals surface area contributed by atoms with E-state index >= 15 is 0 Å². The Bertz CT molecular complexity index is 592. The molecule has 0 radical (unpaired) electrons. The smallest absolute Gasteiger partial charge is 0.330 e. The minimum absolute atomic E-state index is 0.170. The van der Waals surface area contributed by atoms with Crippen molar-refractivity contribution in [3.05, 3.63) is 32.6 Å². The van der Waals surface area contributed by atoms with E-state index in [4.69, 9.17) is 9.47 Å². The van der Waals surface area contributed by atoms with E-state index in [2.05, 4.69) is 4.98 Å². The summed E-state index contributed by atoms with van der Waals surface area (Å²) in [5, 5.41) is 9.38. The number of aryl methyl sites for hydroxylation is 1. The third kappa shape index (κ3) is 3.61. The van der Waals surface area contributed by atoms with Gasteiger partial charge < -0.3 is 14.6 Å². The lowest BCUT2D eigenvalue weighted by atomic mass is 10.1. The van der Waals surface area contributed by atoms with Crippen LogP contribution in [0.15, 0.2) is 15.8 Å². The molecule has 1 aromatic rings. The van der Waals surface area contributed by atoms with E-state index in [1.807, 2.05) is 13.8 Å². The van der Waals surface area contributed by atoms with Crippen LogP contribution in [0.25, 0.3) is 0 Å². The summed E-state index contributed by atoms with van der Waals surface area (Å²) in [5.74, 6) is 0.376. The zero-order valence-corrected chi connectivity index (χ0v) is 12.5. The maximum absolute atomic E-state index is 11.9. The molecule has 118 valence electrons. The molecule has 0 amide bonds. The molecule has 1 fully saturated rings.